The molecule has 1 aliphatic rings. The summed E-state index contributed by atoms with van der Waals surface area (Å²) in [5.41, 5.74) is 4.40. The van der Waals surface area contributed by atoms with Gasteiger partial charge in [0.15, 0.2) is 11.6 Å². The van der Waals surface area contributed by atoms with Gasteiger partial charge in [0.05, 0.1) is 16.7 Å². The Balaban J connectivity index is 1.74. The summed E-state index contributed by atoms with van der Waals surface area (Å²) in [6.45, 7) is 7.83. The number of aryl methyl sites for hydroxylation is 4. The summed E-state index contributed by atoms with van der Waals surface area (Å²) in [6.07, 6.45) is 7.87. The molecule has 4 aromatic rings. The molecule has 0 aromatic carbocycles. The summed E-state index contributed by atoms with van der Waals surface area (Å²) in [7, 11) is 3.95. The fourth-order valence-electron chi connectivity index (χ4n) is 3.82. The number of allylic oxidation sites excluding steroid dienone is 1. The Bertz CT molecular complexity index is 1430. The van der Waals surface area contributed by atoms with Crippen molar-refractivity contribution in [1.29, 1.82) is 0 Å². The maximum absolute atomic E-state index is 4.78. The standard InChI is InChI=1S/C22H24N10/c1-13-10-15(3)31(27-13)21-23-18(24-22(26-21)32-16(4)11-14(2)28-32)12-19-25-20-17(30(19)6)8-7-9-29(20)5/h7-12H,1-6H3/b19-12+. The predicted octanol–water partition coefficient (Wildman–Crippen LogP) is 0.783. The summed E-state index contributed by atoms with van der Waals surface area (Å²) in [6, 6.07) is 3.98. The van der Waals surface area contributed by atoms with Gasteiger partial charge in [-0.1, -0.05) is 0 Å². The van der Waals surface area contributed by atoms with Crippen LogP contribution in [0.3, 0.4) is 0 Å². The van der Waals surface area contributed by atoms with Crippen LogP contribution in [-0.4, -0.2) is 51.1 Å². The van der Waals surface area contributed by atoms with Crippen LogP contribution in [0.1, 0.15) is 28.6 Å². The van der Waals surface area contributed by atoms with Gasteiger partial charge in [0.1, 0.15) is 5.48 Å². The molecule has 162 valence electrons. The molecule has 1 aliphatic heterocycles. The topological polar surface area (TPSA) is 95.4 Å². The van der Waals surface area contributed by atoms with Crippen molar-refractivity contribution in [1.82, 2.24) is 44.1 Å². The smallest absolute Gasteiger partial charge is 0.256 e. The lowest BCUT2D eigenvalue weighted by Gasteiger charge is -2.12. The Labute approximate surface area is 184 Å². The minimum atomic E-state index is 0.434. The monoisotopic (exact) mass is 428 g/mol. The molecule has 0 radical (unpaired) electrons. The first-order valence-electron chi connectivity index (χ1n) is 10.3. The quantitative estimate of drug-likeness (QED) is 0.476. The predicted molar refractivity (Wildman–Crippen MR) is 121 cm³/mol. The number of aromatic nitrogens is 9. The minimum absolute atomic E-state index is 0.434. The number of nitrogens with zero attached hydrogens (tertiary/aromatic N) is 10. The van der Waals surface area contributed by atoms with Crippen molar-refractivity contribution >= 4 is 18.0 Å². The van der Waals surface area contributed by atoms with Gasteiger partial charge in [-0.3, -0.25) is 0 Å². The SMILES string of the molecule is Cc1cc(C)n(-c2nc(/C=c3\nc4c(n3C)=CC=CN4C)nc(-n3nc(C)cc3C)n2)n1. The molecule has 10 heteroatoms. The van der Waals surface area contributed by atoms with E-state index in [0.717, 1.165) is 39.4 Å². The van der Waals surface area contributed by atoms with E-state index < -0.39 is 0 Å². The molecule has 32 heavy (non-hydrogen) atoms. The van der Waals surface area contributed by atoms with Gasteiger partial charge >= 0.3 is 0 Å². The van der Waals surface area contributed by atoms with Crippen molar-refractivity contribution in [2.45, 2.75) is 27.7 Å². The molecular formula is C22H24N10. The highest BCUT2D eigenvalue weighted by Crippen LogP contribution is 2.13. The van der Waals surface area contributed by atoms with Gasteiger partial charge < -0.3 is 9.47 Å². The van der Waals surface area contributed by atoms with Crippen molar-refractivity contribution in [2.75, 3.05) is 11.9 Å². The zero-order valence-corrected chi connectivity index (χ0v) is 18.9. The van der Waals surface area contributed by atoms with E-state index in [1.165, 1.54) is 0 Å². The molecular weight excluding hydrogens is 404 g/mol. The molecule has 5 heterocycles. The molecule has 4 aromatic heterocycles. The summed E-state index contributed by atoms with van der Waals surface area (Å²) >= 11 is 0. The zero-order chi connectivity index (χ0) is 22.6. The molecule has 0 atom stereocenters. The molecule has 0 spiro atoms. The third-order valence-corrected chi connectivity index (χ3v) is 5.34. The largest absolute Gasteiger partial charge is 0.334 e. The molecule has 0 saturated carbocycles. The maximum Gasteiger partial charge on any atom is 0.256 e. The fraction of sp³-hybridized carbons (Fsp3) is 0.273. The van der Waals surface area contributed by atoms with Crippen molar-refractivity contribution < 1.29 is 0 Å². The Morgan fingerprint density at radius 1 is 0.781 bits per heavy atom. The molecule has 0 amide bonds. The highest BCUT2D eigenvalue weighted by Gasteiger charge is 2.15. The second-order valence-corrected chi connectivity index (χ2v) is 7.97. The zero-order valence-electron chi connectivity index (χ0n) is 18.9. The van der Waals surface area contributed by atoms with E-state index >= 15 is 0 Å². The van der Waals surface area contributed by atoms with Gasteiger partial charge in [0, 0.05) is 37.8 Å². The van der Waals surface area contributed by atoms with Crippen LogP contribution in [0.4, 0.5) is 5.82 Å². The molecule has 0 fully saturated rings. The molecule has 0 unspecified atom stereocenters. The first-order valence-corrected chi connectivity index (χ1v) is 10.3. The van der Waals surface area contributed by atoms with Crippen LogP contribution in [0.25, 0.3) is 24.0 Å². The number of hydrogen-bond acceptors (Lipinski definition) is 7. The highest BCUT2D eigenvalue weighted by molar-refractivity contribution is 5.56. The number of rotatable bonds is 3. The van der Waals surface area contributed by atoms with Gasteiger partial charge in [-0.15, -0.1) is 0 Å². The maximum atomic E-state index is 4.78. The second kappa shape index (κ2) is 7.26. The molecule has 5 rings (SSSR count). The van der Waals surface area contributed by atoms with Crippen molar-refractivity contribution in [3.63, 3.8) is 0 Å². The average Bonchev–Trinajstić information content (AvgIpc) is 3.37. The van der Waals surface area contributed by atoms with Crippen LogP contribution in [0.2, 0.25) is 0 Å². The van der Waals surface area contributed by atoms with E-state index in [4.69, 9.17) is 15.0 Å². The van der Waals surface area contributed by atoms with E-state index in [1.54, 1.807) is 9.36 Å². The van der Waals surface area contributed by atoms with E-state index in [-0.39, 0.29) is 0 Å². The van der Waals surface area contributed by atoms with Crippen LogP contribution in [0, 0.1) is 27.7 Å². The summed E-state index contributed by atoms with van der Waals surface area (Å²) < 4.78 is 5.46. The molecule has 0 N–H and O–H groups in total. The van der Waals surface area contributed by atoms with Gasteiger partial charge in [-0.25, -0.2) is 14.3 Å². The molecule has 0 saturated heterocycles. The summed E-state index contributed by atoms with van der Waals surface area (Å²) in [5, 5.41) is 10.1. The first kappa shape index (κ1) is 19.9. The Morgan fingerprint density at radius 3 is 1.88 bits per heavy atom. The number of hydrogen-bond donors (Lipinski definition) is 0. The highest BCUT2D eigenvalue weighted by atomic mass is 15.4. The third-order valence-electron chi connectivity index (χ3n) is 5.34. The number of fused-ring (bicyclic) bond motifs is 1. The lowest BCUT2D eigenvalue weighted by atomic mass is 10.4. The van der Waals surface area contributed by atoms with E-state index in [1.807, 2.05) is 87.8 Å². The first-order chi connectivity index (χ1) is 15.3. The van der Waals surface area contributed by atoms with Gasteiger partial charge in [-0.2, -0.15) is 25.1 Å². The summed E-state index contributed by atoms with van der Waals surface area (Å²) in [5.74, 6) is 2.23. The van der Waals surface area contributed by atoms with Crippen LogP contribution in [0.5, 0.6) is 0 Å². The molecule has 0 bridgehead atoms. The van der Waals surface area contributed by atoms with Gasteiger partial charge in [0.2, 0.25) is 0 Å². The Hall–Kier alpha value is -4.08. The molecule has 0 aliphatic carbocycles. The van der Waals surface area contributed by atoms with Crippen LogP contribution < -0.4 is 15.7 Å². The third kappa shape index (κ3) is 3.29. The van der Waals surface area contributed by atoms with Gasteiger partial charge in [-0.05, 0) is 52.0 Å². The van der Waals surface area contributed by atoms with Crippen LogP contribution in [0.15, 0.2) is 24.4 Å². The van der Waals surface area contributed by atoms with E-state index in [0.29, 0.717) is 17.7 Å². The minimum Gasteiger partial charge on any atom is -0.334 e. The summed E-state index contributed by atoms with van der Waals surface area (Å²) in [4.78, 5) is 20.8. The van der Waals surface area contributed by atoms with Crippen molar-refractivity contribution in [3.05, 3.63) is 63.8 Å². The van der Waals surface area contributed by atoms with Crippen LogP contribution in [-0.2, 0) is 7.05 Å². The Morgan fingerprint density at radius 2 is 1.38 bits per heavy atom. The van der Waals surface area contributed by atoms with E-state index in [2.05, 4.69) is 15.2 Å². The van der Waals surface area contributed by atoms with Crippen molar-refractivity contribution in [3.8, 4) is 11.9 Å². The van der Waals surface area contributed by atoms with E-state index in [9.17, 15) is 0 Å². The van der Waals surface area contributed by atoms with Crippen LogP contribution >= 0.6 is 0 Å². The Kier molecular flexibility index (Phi) is 4.50. The normalized spacial score (nSPS) is 13.6. The van der Waals surface area contributed by atoms with Crippen molar-refractivity contribution in [2.24, 2.45) is 7.05 Å². The average molecular weight is 429 g/mol. The molecule has 10 nitrogen and oxygen atoms in total. The lowest BCUT2D eigenvalue weighted by molar-refractivity contribution is 0.713. The lowest BCUT2D eigenvalue weighted by Crippen LogP contribution is -2.27. The number of anilines is 1. The second-order valence-electron chi connectivity index (χ2n) is 7.97. The number of imidazole rings is 1. The van der Waals surface area contributed by atoms with Gasteiger partial charge in [0.25, 0.3) is 11.9 Å². The fourth-order valence-corrected chi connectivity index (χ4v) is 3.82.